The van der Waals surface area contributed by atoms with E-state index in [1.165, 1.54) is 24.3 Å². The largest absolute Gasteiger partial charge is 0.483 e. The van der Waals surface area contributed by atoms with Gasteiger partial charge in [0.15, 0.2) is 19.0 Å². The molecule has 0 aliphatic rings. The molecule has 0 saturated heterocycles. The van der Waals surface area contributed by atoms with Crippen molar-refractivity contribution in [3.05, 3.63) is 62.1 Å². The van der Waals surface area contributed by atoms with Gasteiger partial charge in [-0.15, -0.1) is 0 Å². The zero-order chi connectivity index (χ0) is 19.8. The lowest BCUT2D eigenvalue weighted by molar-refractivity contribution is -0.385. The lowest BCUT2D eigenvalue weighted by Gasteiger charge is -2.10. The summed E-state index contributed by atoms with van der Waals surface area (Å²) in [6.07, 6.45) is 0. The molecule has 0 aliphatic carbocycles. The van der Waals surface area contributed by atoms with E-state index in [0.29, 0.717) is 15.2 Å². The first kappa shape index (κ1) is 20.5. The summed E-state index contributed by atoms with van der Waals surface area (Å²) in [7, 11) is 0. The summed E-state index contributed by atoms with van der Waals surface area (Å²) in [4.78, 5) is 33.6. The van der Waals surface area contributed by atoms with E-state index in [9.17, 15) is 19.7 Å². The monoisotopic (exact) mass is 457 g/mol. The van der Waals surface area contributed by atoms with Crippen molar-refractivity contribution in [2.24, 2.45) is 0 Å². The minimum atomic E-state index is -0.700. The van der Waals surface area contributed by atoms with Crippen molar-refractivity contribution >= 4 is 45.0 Å². The Morgan fingerprint density at radius 3 is 2.22 bits per heavy atom. The molecular formula is C16H13BrClN3O6. The molecular weight excluding hydrogens is 446 g/mol. The molecule has 2 amide bonds. The van der Waals surface area contributed by atoms with E-state index in [0.717, 1.165) is 0 Å². The SMILES string of the molecule is O=C(COc1ccc(Cl)cc1Br)NNC(=O)COc1ccccc1[N+](=O)[O-]. The van der Waals surface area contributed by atoms with E-state index in [1.807, 2.05) is 0 Å². The van der Waals surface area contributed by atoms with E-state index in [-0.39, 0.29) is 18.0 Å². The van der Waals surface area contributed by atoms with Crippen LogP contribution in [-0.4, -0.2) is 30.0 Å². The predicted octanol–water partition coefficient (Wildman–Crippen LogP) is 2.62. The van der Waals surface area contributed by atoms with Crippen LogP contribution in [0.15, 0.2) is 46.9 Å². The molecule has 0 aromatic heterocycles. The first-order valence-corrected chi connectivity index (χ1v) is 8.55. The molecule has 0 fully saturated rings. The highest BCUT2D eigenvalue weighted by molar-refractivity contribution is 9.10. The molecule has 0 unspecified atom stereocenters. The van der Waals surface area contributed by atoms with Crippen molar-refractivity contribution in [2.75, 3.05) is 13.2 Å². The summed E-state index contributed by atoms with van der Waals surface area (Å²) in [6, 6.07) is 10.4. The number of rotatable bonds is 7. The Hall–Kier alpha value is -2.85. The molecule has 0 saturated carbocycles. The molecule has 2 aromatic rings. The number of nitrogens with zero attached hydrogens (tertiary/aromatic N) is 1. The minimum Gasteiger partial charge on any atom is -0.483 e. The number of hydrogen-bond donors (Lipinski definition) is 2. The van der Waals surface area contributed by atoms with Crippen LogP contribution in [0.3, 0.4) is 0 Å². The average Bonchev–Trinajstić information content (AvgIpc) is 2.64. The fraction of sp³-hybridized carbons (Fsp3) is 0.125. The average molecular weight is 459 g/mol. The highest BCUT2D eigenvalue weighted by Crippen LogP contribution is 2.28. The van der Waals surface area contributed by atoms with Crippen molar-refractivity contribution in [3.63, 3.8) is 0 Å². The van der Waals surface area contributed by atoms with Gasteiger partial charge in [0.05, 0.1) is 9.40 Å². The van der Waals surface area contributed by atoms with Gasteiger partial charge < -0.3 is 9.47 Å². The number of nitro benzene ring substituents is 1. The lowest BCUT2D eigenvalue weighted by atomic mass is 10.3. The van der Waals surface area contributed by atoms with Crippen LogP contribution in [-0.2, 0) is 9.59 Å². The van der Waals surface area contributed by atoms with Crippen LogP contribution in [0.2, 0.25) is 5.02 Å². The van der Waals surface area contributed by atoms with Crippen molar-refractivity contribution in [3.8, 4) is 11.5 Å². The first-order valence-electron chi connectivity index (χ1n) is 7.38. The maximum atomic E-state index is 11.7. The second-order valence-corrected chi connectivity index (χ2v) is 6.26. The zero-order valence-electron chi connectivity index (χ0n) is 13.6. The molecule has 9 nitrogen and oxygen atoms in total. The maximum Gasteiger partial charge on any atom is 0.310 e. The van der Waals surface area contributed by atoms with E-state index in [1.54, 1.807) is 18.2 Å². The Kier molecular flexibility index (Phi) is 7.38. The molecule has 2 aromatic carbocycles. The van der Waals surface area contributed by atoms with E-state index < -0.39 is 23.3 Å². The molecule has 11 heteroatoms. The van der Waals surface area contributed by atoms with Crippen LogP contribution < -0.4 is 20.3 Å². The third-order valence-electron chi connectivity index (χ3n) is 3.01. The molecule has 142 valence electrons. The molecule has 27 heavy (non-hydrogen) atoms. The molecule has 2 rings (SSSR count). The Morgan fingerprint density at radius 1 is 1.04 bits per heavy atom. The molecule has 0 atom stereocenters. The summed E-state index contributed by atoms with van der Waals surface area (Å²) < 4.78 is 10.9. The smallest absolute Gasteiger partial charge is 0.310 e. The van der Waals surface area contributed by atoms with Crippen molar-refractivity contribution in [1.29, 1.82) is 0 Å². The van der Waals surface area contributed by atoms with Gasteiger partial charge in [0.25, 0.3) is 11.8 Å². The number of carbonyl (C=O) groups excluding carboxylic acids is 2. The fourth-order valence-electron chi connectivity index (χ4n) is 1.82. The number of amides is 2. The number of hydrazine groups is 1. The topological polar surface area (TPSA) is 120 Å². The van der Waals surface area contributed by atoms with E-state index >= 15 is 0 Å². The Labute approximate surface area is 166 Å². The molecule has 0 aliphatic heterocycles. The predicted molar refractivity (Wildman–Crippen MR) is 99.5 cm³/mol. The number of hydrogen-bond acceptors (Lipinski definition) is 6. The van der Waals surface area contributed by atoms with Crippen LogP contribution in [0, 0.1) is 10.1 Å². The van der Waals surface area contributed by atoms with Gasteiger partial charge in [-0.1, -0.05) is 23.7 Å². The Morgan fingerprint density at radius 2 is 1.63 bits per heavy atom. The van der Waals surface area contributed by atoms with Gasteiger partial charge in [0.2, 0.25) is 0 Å². The van der Waals surface area contributed by atoms with Gasteiger partial charge in [-0.05, 0) is 40.2 Å². The number of ether oxygens (including phenoxy) is 2. The standard InChI is InChI=1S/C16H13BrClN3O6/c17-11-7-10(18)5-6-13(11)26-8-15(22)19-20-16(23)9-27-14-4-2-1-3-12(14)21(24)25/h1-7H,8-9H2,(H,19,22)(H,20,23). The third-order valence-corrected chi connectivity index (χ3v) is 3.87. The van der Waals surface area contributed by atoms with E-state index in [4.69, 9.17) is 21.1 Å². The molecule has 0 spiro atoms. The minimum absolute atomic E-state index is 0.0556. The normalized spacial score (nSPS) is 10.0. The highest BCUT2D eigenvalue weighted by Gasteiger charge is 2.15. The van der Waals surface area contributed by atoms with Crippen LogP contribution >= 0.6 is 27.5 Å². The summed E-state index contributed by atoms with van der Waals surface area (Å²) in [5.74, 6) is -0.967. The van der Waals surface area contributed by atoms with Crippen LogP contribution in [0.25, 0.3) is 0 Å². The Bertz CT molecular complexity index is 864. The maximum absolute atomic E-state index is 11.7. The summed E-state index contributed by atoms with van der Waals surface area (Å²) >= 11 is 9.05. The molecule has 0 heterocycles. The van der Waals surface area contributed by atoms with Crippen LogP contribution in [0.5, 0.6) is 11.5 Å². The second kappa shape index (κ2) is 9.74. The van der Waals surface area contributed by atoms with E-state index in [2.05, 4.69) is 26.8 Å². The second-order valence-electron chi connectivity index (χ2n) is 4.97. The Balaban J connectivity index is 1.75. The van der Waals surface area contributed by atoms with Crippen molar-refractivity contribution in [1.82, 2.24) is 10.9 Å². The lowest BCUT2D eigenvalue weighted by Crippen LogP contribution is -2.45. The number of nitrogens with one attached hydrogen (secondary N) is 2. The fourth-order valence-corrected chi connectivity index (χ4v) is 2.62. The molecule has 2 N–H and O–H groups in total. The first-order chi connectivity index (χ1) is 12.9. The zero-order valence-corrected chi connectivity index (χ0v) is 16.0. The number of para-hydroxylation sites is 2. The van der Waals surface area contributed by atoms with Gasteiger partial charge in [-0.3, -0.25) is 30.6 Å². The summed E-state index contributed by atoms with van der Waals surface area (Å²) in [5.41, 5.74) is 3.99. The number of nitro groups is 1. The van der Waals surface area contributed by atoms with Crippen LogP contribution in [0.4, 0.5) is 5.69 Å². The number of carbonyl (C=O) groups is 2. The quantitative estimate of drug-likeness (QED) is 0.486. The third kappa shape index (κ3) is 6.42. The molecule has 0 radical (unpaired) electrons. The summed E-state index contributed by atoms with van der Waals surface area (Å²) in [5, 5.41) is 11.4. The van der Waals surface area contributed by atoms with Gasteiger partial charge in [-0.2, -0.15) is 0 Å². The van der Waals surface area contributed by atoms with Crippen molar-refractivity contribution < 1.29 is 24.0 Å². The van der Waals surface area contributed by atoms with Crippen LogP contribution in [0.1, 0.15) is 0 Å². The summed E-state index contributed by atoms with van der Waals surface area (Å²) in [6.45, 7) is -0.875. The highest BCUT2D eigenvalue weighted by atomic mass is 79.9. The molecule has 0 bridgehead atoms. The van der Waals surface area contributed by atoms with Gasteiger partial charge >= 0.3 is 5.69 Å². The van der Waals surface area contributed by atoms with Gasteiger partial charge in [0, 0.05) is 11.1 Å². The number of benzene rings is 2. The van der Waals surface area contributed by atoms with Gasteiger partial charge in [0.1, 0.15) is 5.75 Å². The van der Waals surface area contributed by atoms with Crippen molar-refractivity contribution in [2.45, 2.75) is 0 Å². The number of halogens is 2. The van der Waals surface area contributed by atoms with Gasteiger partial charge in [-0.25, -0.2) is 0 Å².